The molecular weight excluding hydrogens is 442 g/mol. The predicted molar refractivity (Wildman–Crippen MR) is 128 cm³/mol. The summed E-state index contributed by atoms with van der Waals surface area (Å²) < 4.78 is 11.5. The molecular formula is C24H26ClN5O3. The van der Waals surface area contributed by atoms with Gasteiger partial charge >= 0.3 is 0 Å². The van der Waals surface area contributed by atoms with E-state index in [0.717, 1.165) is 37.9 Å². The van der Waals surface area contributed by atoms with E-state index in [1.165, 1.54) is 0 Å². The topological polar surface area (TPSA) is 79.8 Å². The molecule has 1 aliphatic heterocycles. The lowest BCUT2D eigenvalue weighted by Crippen LogP contribution is -2.49. The van der Waals surface area contributed by atoms with Gasteiger partial charge < -0.3 is 19.7 Å². The fraction of sp³-hybridized carbons (Fsp3) is 0.292. The molecule has 0 saturated carbocycles. The average Bonchev–Trinajstić information content (AvgIpc) is 2.83. The lowest BCUT2D eigenvalue weighted by atomic mass is 10.2. The highest BCUT2D eigenvalue weighted by molar-refractivity contribution is 6.31. The molecule has 1 saturated heterocycles. The van der Waals surface area contributed by atoms with Crippen molar-refractivity contribution >= 4 is 29.1 Å². The van der Waals surface area contributed by atoms with Crippen LogP contribution in [0.15, 0.2) is 60.9 Å². The van der Waals surface area contributed by atoms with Gasteiger partial charge in [0.1, 0.15) is 11.5 Å². The van der Waals surface area contributed by atoms with Crippen LogP contribution in [0.3, 0.4) is 0 Å². The fourth-order valence-corrected chi connectivity index (χ4v) is 3.71. The van der Waals surface area contributed by atoms with E-state index < -0.39 is 0 Å². The summed E-state index contributed by atoms with van der Waals surface area (Å²) in [6, 6.07) is 14.3. The summed E-state index contributed by atoms with van der Waals surface area (Å²) in [5.74, 6) is 2.52. The minimum absolute atomic E-state index is 0.127. The highest BCUT2D eigenvalue weighted by Gasteiger charge is 2.21. The second-order valence-electron chi connectivity index (χ2n) is 7.51. The number of nitrogens with zero attached hydrogens (tertiary/aromatic N) is 4. The van der Waals surface area contributed by atoms with Crippen LogP contribution in [-0.2, 0) is 4.79 Å². The minimum atomic E-state index is -0.127. The van der Waals surface area contributed by atoms with Crippen molar-refractivity contribution < 1.29 is 14.3 Å². The minimum Gasteiger partial charge on any atom is -0.494 e. The van der Waals surface area contributed by atoms with Crippen LogP contribution in [0.2, 0.25) is 5.02 Å². The summed E-state index contributed by atoms with van der Waals surface area (Å²) in [5.41, 5.74) is 0.526. The monoisotopic (exact) mass is 467 g/mol. The first kappa shape index (κ1) is 22.8. The average molecular weight is 468 g/mol. The number of hydrogen-bond donors (Lipinski definition) is 1. The number of anilines is 2. The molecule has 33 heavy (non-hydrogen) atoms. The number of amides is 1. The second kappa shape index (κ2) is 11.0. The van der Waals surface area contributed by atoms with Gasteiger partial charge in [0.15, 0.2) is 5.75 Å². The summed E-state index contributed by atoms with van der Waals surface area (Å²) in [5, 5.41) is 3.46. The number of aromatic nitrogens is 2. The number of hydrogen-bond acceptors (Lipinski definition) is 7. The Balaban J connectivity index is 1.34. The van der Waals surface area contributed by atoms with Crippen molar-refractivity contribution in [1.29, 1.82) is 0 Å². The molecule has 1 aliphatic rings. The third-order valence-electron chi connectivity index (χ3n) is 5.15. The van der Waals surface area contributed by atoms with E-state index in [1.807, 2.05) is 31.2 Å². The molecule has 0 atom stereocenters. The van der Waals surface area contributed by atoms with Crippen LogP contribution < -0.4 is 19.7 Å². The third kappa shape index (κ3) is 6.34. The van der Waals surface area contributed by atoms with Crippen molar-refractivity contribution in [2.45, 2.75) is 6.92 Å². The molecule has 2 aromatic carbocycles. The second-order valence-corrected chi connectivity index (χ2v) is 7.94. The molecule has 0 radical (unpaired) electrons. The SMILES string of the molecule is CCOc1ccc(Oc2ccc(Cl)cc2NC(=O)CN2CCN(c3ncccn3)CC2)cc1. The predicted octanol–water partition coefficient (Wildman–Crippen LogP) is 4.08. The molecule has 0 unspecified atom stereocenters. The Hall–Kier alpha value is -3.36. The highest BCUT2D eigenvalue weighted by atomic mass is 35.5. The van der Waals surface area contributed by atoms with Gasteiger partial charge in [0.25, 0.3) is 0 Å². The van der Waals surface area contributed by atoms with E-state index in [-0.39, 0.29) is 12.5 Å². The maximum atomic E-state index is 12.8. The van der Waals surface area contributed by atoms with Gasteiger partial charge in [0.05, 0.1) is 18.8 Å². The molecule has 1 N–H and O–H groups in total. The molecule has 3 aromatic rings. The maximum Gasteiger partial charge on any atom is 0.238 e. The van der Waals surface area contributed by atoms with Gasteiger partial charge in [-0.15, -0.1) is 0 Å². The number of ether oxygens (including phenoxy) is 2. The van der Waals surface area contributed by atoms with Gasteiger partial charge in [-0.25, -0.2) is 9.97 Å². The molecule has 0 bridgehead atoms. The van der Waals surface area contributed by atoms with Crippen molar-refractivity contribution in [3.8, 4) is 17.2 Å². The van der Waals surface area contributed by atoms with Crippen molar-refractivity contribution in [3.05, 3.63) is 65.9 Å². The molecule has 0 spiro atoms. The van der Waals surface area contributed by atoms with E-state index >= 15 is 0 Å². The zero-order valence-electron chi connectivity index (χ0n) is 18.4. The van der Waals surface area contributed by atoms with E-state index in [4.69, 9.17) is 21.1 Å². The Kier molecular flexibility index (Phi) is 7.59. The van der Waals surface area contributed by atoms with Crippen molar-refractivity contribution in [2.24, 2.45) is 0 Å². The van der Waals surface area contributed by atoms with Crippen LogP contribution in [0.4, 0.5) is 11.6 Å². The van der Waals surface area contributed by atoms with E-state index in [1.54, 1.807) is 36.7 Å². The third-order valence-corrected chi connectivity index (χ3v) is 5.39. The molecule has 9 heteroatoms. The molecule has 0 aliphatic carbocycles. The van der Waals surface area contributed by atoms with E-state index in [2.05, 4.69) is 25.1 Å². The quantitative estimate of drug-likeness (QED) is 0.534. The van der Waals surface area contributed by atoms with Crippen molar-refractivity contribution in [2.75, 3.05) is 49.5 Å². The Morgan fingerprint density at radius 2 is 1.73 bits per heavy atom. The zero-order valence-corrected chi connectivity index (χ0v) is 19.2. The summed E-state index contributed by atoms with van der Waals surface area (Å²) >= 11 is 6.17. The number of halogens is 1. The summed E-state index contributed by atoms with van der Waals surface area (Å²) in [4.78, 5) is 25.6. The number of benzene rings is 2. The molecule has 8 nitrogen and oxygen atoms in total. The number of piperazine rings is 1. The zero-order chi connectivity index (χ0) is 23.0. The summed E-state index contributed by atoms with van der Waals surface area (Å²) in [6.45, 7) is 5.83. The van der Waals surface area contributed by atoms with Gasteiger partial charge in [-0.05, 0) is 55.5 Å². The molecule has 2 heterocycles. The fourth-order valence-electron chi connectivity index (χ4n) is 3.54. The van der Waals surface area contributed by atoms with E-state index in [9.17, 15) is 4.79 Å². The molecule has 1 fully saturated rings. The van der Waals surface area contributed by atoms with Crippen LogP contribution in [0.25, 0.3) is 0 Å². The number of nitrogens with one attached hydrogen (secondary N) is 1. The summed E-state index contributed by atoms with van der Waals surface area (Å²) in [6.07, 6.45) is 3.47. The van der Waals surface area contributed by atoms with E-state index in [0.29, 0.717) is 28.8 Å². The lowest BCUT2D eigenvalue weighted by molar-refractivity contribution is -0.117. The Labute approximate surface area is 198 Å². The van der Waals surface area contributed by atoms with Gasteiger partial charge in [-0.3, -0.25) is 9.69 Å². The Bertz CT molecular complexity index is 1060. The summed E-state index contributed by atoms with van der Waals surface area (Å²) in [7, 11) is 0. The standard InChI is InChI=1S/C24H26ClN5O3/c1-2-32-19-5-7-20(8-6-19)33-22-9-4-18(25)16-21(22)28-23(31)17-29-12-14-30(15-13-29)24-26-10-3-11-27-24/h3-11,16H,2,12-15,17H2,1H3,(H,28,31). The Morgan fingerprint density at radius 1 is 1.03 bits per heavy atom. The molecule has 172 valence electrons. The largest absolute Gasteiger partial charge is 0.494 e. The first-order valence-corrected chi connectivity index (χ1v) is 11.2. The first-order valence-electron chi connectivity index (χ1n) is 10.8. The number of rotatable bonds is 8. The molecule has 1 amide bonds. The van der Waals surface area contributed by atoms with Crippen molar-refractivity contribution in [3.63, 3.8) is 0 Å². The highest BCUT2D eigenvalue weighted by Crippen LogP contribution is 2.32. The number of carbonyl (C=O) groups excluding carboxylic acids is 1. The lowest BCUT2D eigenvalue weighted by Gasteiger charge is -2.34. The van der Waals surface area contributed by atoms with Gasteiger partial charge in [-0.1, -0.05) is 11.6 Å². The van der Waals surface area contributed by atoms with Gasteiger partial charge in [0.2, 0.25) is 11.9 Å². The van der Waals surface area contributed by atoms with Crippen LogP contribution in [0.1, 0.15) is 6.92 Å². The Morgan fingerprint density at radius 3 is 2.42 bits per heavy atom. The van der Waals surface area contributed by atoms with Crippen LogP contribution in [0, 0.1) is 0 Å². The first-order chi connectivity index (χ1) is 16.1. The van der Waals surface area contributed by atoms with Crippen LogP contribution >= 0.6 is 11.6 Å². The maximum absolute atomic E-state index is 12.8. The molecule has 4 rings (SSSR count). The van der Waals surface area contributed by atoms with Crippen molar-refractivity contribution in [1.82, 2.24) is 14.9 Å². The normalized spacial score (nSPS) is 14.1. The van der Waals surface area contributed by atoms with Gasteiger partial charge in [0, 0.05) is 43.6 Å². The van der Waals surface area contributed by atoms with Crippen LogP contribution in [0.5, 0.6) is 17.2 Å². The van der Waals surface area contributed by atoms with Gasteiger partial charge in [-0.2, -0.15) is 0 Å². The number of carbonyl (C=O) groups is 1. The smallest absolute Gasteiger partial charge is 0.238 e. The van der Waals surface area contributed by atoms with Crippen LogP contribution in [-0.4, -0.2) is 60.1 Å². The molecule has 1 aromatic heterocycles.